The molecule has 1 aliphatic heterocycles. The number of carbonyl (C=O) groups excluding carboxylic acids is 1. The highest BCUT2D eigenvalue weighted by Gasteiger charge is 2.18. The first kappa shape index (κ1) is 15.0. The van der Waals surface area contributed by atoms with E-state index in [1.807, 2.05) is 12.1 Å². The van der Waals surface area contributed by atoms with Gasteiger partial charge in [-0.1, -0.05) is 12.1 Å². The number of nitrogens with two attached hydrogens (primary N) is 1. The molecule has 0 aliphatic carbocycles. The van der Waals surface area contributed by atoms with Crippen molar-refractivity contribution >= 4 is 24.0 Å². The van der Waals surface area contributed by atoms with Crippen LogP contribution in [0.3, 0.4) is 0 Å². The predicted octanol–water partition coefficient (Wildman–Crippen LogP) is 1.60. The van der Waals surface area contributed by atoms with Crippen LogP contribution in [-0.4, -0.2) is 29.9 Å². The second kappa shape index (κ2) is 6.73. The van der Waals surface area contributed by atoms with E-state index < -0.39 is 0 Å². The number of rotatable bonds is 3. The number of benzene rings is 1. The summed E-state index contributed by atoms with van der Waals surface area (Å²) >= 11 is 0. The number of halogens is 1. The van der Waals surface area contributed by atoms with Gasteiger partial charge in [-0.05, 0) is 24.1 Å². The van der Waals surface area contributed by atoms with E-state index >= 15 is 0 Å². The van der Waals surface area contributed by atoms with Crippen LogP contribution in [0.15, 0.2) is 24.3 Å². The molecule has 0 saturated carbocycles. The summed E-state index contributed by atoms with van der Waals surface area (Å²) in [4.78, 5) is 13.2. The Bertz CT molecular complexity index is 394. The Morgan fingerprint density at radius 3 is 2.61 bits per heavy atom. The van der Waals surface area contributed by atoms with Gasteiger partial charge in [0.2, 0.25) is 5.91 Å². The van der Waals surface area contributed by atoms with Crippen molar-refractivity contribution in [2.24, 2.45) is 5.73 Å². The van der Waals surface area contributed by atoms with Crippen molar-refractivity contribution in [3.63, 3.8) is 0 Å². The molecule has 0 spiro atoms. The standard InChI is InChI=1S/C13H19N3O.ClH/c1-10(17)15-13-4-2-11(3-5-13)8-16-7-6-12(14)9-16;/h2-5,12H,6-9,14H2,1H3,(H,15,17);1H. The van der Waals surface area contributed by atoms with E-state index in [-0.39, 0.29) is 18.3 Å². The molecule has 5 heteroatoms. The maximum Gasteiger partial charge on any atom is 0.221 e. The van der Waals surface area contributed by atoms with Gasteiger partial charge in [0.05, 0.1) is 0 Å². The van der Waals surface area contributed by atoms with E-state index in [9.17, 15) is 4.79 Å². The van der Waals surface area contributed by atoms with Crippen molar-refractivity contribution < 1.29 is 4.79 Å². The SMILES string of the molecule is CC(=O)Nc1ccc(CN2CCC(N)C2)cc1.Cl. The van der Waals surface area contributed by atoms with E-state index in [0.717, 1.165) is 31.7 Å². The lowest BCUT2D eigenvalue weighted by Gasteiger charge is -2.15. The first-order chi connectivity index (χ1) is 8.13. The molecule has 0 radical (unpaired) electrons. The molecule has 1 heterocycles. The zero-order chi connectivity index (χ0) is 12.3. The fraction of sp³-hybridized carbons (Fsp3) is 0.462. The highest BCUT2D eigenvalue weighted by atomic mass is 35.5. The monoisotopic (exact) mass is 269 g/mol. The molecule has 1 fully saturated rings. The third-order valence-corrected chi connectivity index (χ3v) is 2.99. The molecule has 1 aromatic carbocycles. The summed E-state index contributed by atoms with van der Waals surface area (Å²) in [5.74, 6) is -0.0386. The molecule has 0 bridgehead atoms. The molecule has 1 aromatic rings. The number of hydrogen-bond donors (Lipinski definition) is 2. The molecule has 0 aromatic heterocycles. The Kier molecular flexibility index (Phi) is 5.59. The number of carbonyl (C=O) groups is 1. The molecular formula is C13H20ClN3O. The Hall–Kier alpha value is -1.10. The van der Waals surface area contributed by atoms with Crippen LogP contribution in [0.5, 0.6) is 0 Å². The summed E-state index contributed by atoms with van der Waals surface area (Å²) < 4.78 is 0. The normalized spacial score (nSPS) is 19.3. The van der Waals surface area contributed by atoms with Crippen LogP contribution in [0.4, 0.5) is 5.69 Å². The fourth-order valence-electron chi connectivity index (χ4n) is 2.16. The lowest BCUT2D eigenvalue weighted by molar-refractivity contribution is -0.114. The van der Waals surface area contributed by atoms with Crippen molar-refractivity contribution in [3.8, 4) is 0 Å². The van der Waals surface area contributed by atoms with E-state index in [1.165, 1.54) is 12.5 Å². The average Bonchev–Trinajstić information content (AvgIpc) is 2.66. The molecule has 100 valence electrons. The molecule has 1 atom stereocenters. The van der Waals surface area contributed by atoms with Gasteiger partial charge in [-0.3, -0.25) is 9.69 Å². The van der Waals surface area contributed by atoms with E-state index in [0.29, 0.717) is 6.04 Å². The molecule has 2 rings (SSSR count). The van der Waals surface area contributed by atoms with Gasteiger partial charge >= 0.3 is 0 Å². The predicted molar refractivity (Wildman–Crippen MR) is 75.9 cm³/mol. The lowest BCUT2D eigenvalue weighted by Crippen LogP contribution is -2.26. The first-order valence-corrected chi connectivity index (χ1v) is 5.98. The van der Waals surface area contributed by atoms with Crippen LogP contribution in [0.1, 0.15) is 18.9 Å². The molecule has 1 saturated heterocycles. The lowest BCUT2D eigenvalue weighted by atomic mass is 10.2. The van der Waals surface area contributed by atoms with Crippen molar-refractivity contribution in [3.05, 3.63) is 29.8 Å². The number of amides is 1. The van der Waals surface area contributed by atoms with Gasteiger partial charge < -0.3 is 11.1 Å². The van der Waals surface area contributed by atoms with Crippen LogP contribution >= 0.6 is 12.4 Å². The zero-order valence-electron chi connectivity index (χ0n) is 10.6. The second-order valence-corrected chi connectivity index (χ2v) is 4.66. The largest absolute Gasteiger partial charge is 0.326 e. The number of nitrogens with zero attached hydrogens (tertiary/aromatic N) is 1. The molecule has 1 amide bonds. The van der Waals surface area contributed by atoms with Gasteiger partial charge in [0, 0.05) is 38.3 Å². The van der Waals surface area contributed by atoms with Crippen LogP contribution < -0.4 is 11.1 Å². The molecular weight excluding hydrogens is 250 g/mol. The van der Waals surface area contributed by atoms with Gasteiger partial charge in [-0.2, -0.15) is 0 Å². The zero-order valence-corrected chi connectivity index (χ0v) is 11.4. The minimum Gasteiger partial charge on any atom is -0.326 e. The van der Waals surface area contributed by atoms with Gasteiger partial charge in [-0.25, -0.2) is 0 Å². The molecule has 18 heavy (non-hydrogen) atoms. The maximum atomic E-state index is 10.9. The topological polar surface area (TPSA) is 58.4 Å². The van der Waals surface area contributed by atoms with Crippen molar-refractivity contribution in [1.82, 2.24) is 4.90 Å². The average molecular weight is 270 g/mol. The molecule has 3 N–H and O–H groups in total. The summed E-state index contributed by atoms with van der Waals surface area (Å²) in [7, 11) is 0. The van der Waals surface area contributed by atoms with Crippen LogP contribution in [-0.2, 0) is 11.3 Å². The summed E-state index contributed by atoms with van der Waals surface area (Å²) in [5, 5.41) is 2.76. The highest BCUT2D eigenvalue weighted by molar-refractivity contribution is 5.88. The minimum absolute atomic E-state index is 0. The Morgan fingerprint density at radius 2 is 2.11 bits per heavy atom. The number of likely N-dealkylation sites (tertiary alicyclic amines) is 1. The van der Waals surface area contributed by atoms with Gasteiger partial charge in [-0.15, -0.1) is 12.4 Å². The van der Waals surface area contributed by atoms with Crippen molar-refractivity contribution in [1.29, 1.82) is 0 Å². The Labute approximate surface area is 114 Å². The third-order valence-electron chi connectivity index (χ3n) is 2.99. The van der Waals surface area contributed by atoms with Crippen LogP contribution in [0.25, 0.3) is 0 Å². The Balaban J connectivity index is 0.00000162. The van der Waals surface area contributed by atoms with Gasteiger partial charge in [0.25, 0.3) is 0 Å². The van der Waals surface area contributed by atoms with E-state index in [2.05, 4.69) is 22.3 Å². The maximum absolute atomic E-state index is 10.9. The van der Waals surface area contributed by atoms with Crippen LogP contribution in [0, 0.1) is 0 Å². The molecule has 1 unspecified atom stereocenters. The number of nitrogens with one attached hydrogen (secondary N) is 1. The summed E-state index contributed by atoms with van der Waals surface area (Å²) in [6.07, 6.45) is 1.09. The van der Waals surface area contributed by atoms with E-state index in [1.54, 1.807) is 0 Å². The number of anilines is 1. The summed E-state index contributed by atoms with van der Waals surface area (Å²) in [5.41, 5.74) is 7.97. The number of hydrogen-bond acceptors (Lipinski definition) is 3. The van der Waals surface area contributed by atoms with Gasteiger partial charge in [0.1, 0.15) is 0 Å². The fourth-order valence-corrected chi connectivity index (χ4v) is 2.16. The minimum atomic E-state index is -0.0386. The van der Waals surface area contributed by atoms with Crippen molar-refractivity contribution in [2.45, 2.75) is 25.9 Å². The third kappa shape index (κ3) is 4.29. The summed E-state index contributed by atoms with van der Waals surface area (Å²) in [6, 6.07) is 8.30. The molecule has 1 aliphatic rings. The highest BCUT2D eigenvalue weighted by Crippen LogP contribution is 2.14. The molecule has 4 nitrogen and oxygen atoms in total. The van der Waals surface area contributed by atoms with Crippen molar-refractivity contribution in [2.75, 3.05) is 18.4 Å². The first-order valence-electron chi connectivity index (χ1n) is 5.98. The quantitative estimate of drug-likeness (QED) is 0.876. The second-order valence-electron chi connectivity index (χ2n) is 4.66. The Morgan fingerprint density at radius 1 is 1.44 bits per heavy atom. The smallest absolute Gasteiger partial charge is 0.221 e. The van der Waals surface area contributed by atoms with E-state index in [4.69, 9.17) is 5.73 Å². The summed E-state index contributed by atoms with van der Waals surface area (Å²) in [6.45, 7) is 4.51. The van der Waals surface area contributed by atoms with Crippen LogP contribution in [0.2, 0.25) is 0 Å². The van der Waals surface area contributed by atoms with Gasteiger partial charge in [0.15, 0.2) is 0 Å².